The van der Waals surface area contributed by atoms with Crippen LogP contribution in [0.3, 0.4) is 0 Å². The van der Waals surface area contributed by atoms with E-state index in [-0.39, 0.29) is 11.2 Å². The first-order valence-electron chi connectivity index (χ1n) is 5.24. The lowest BCUT2D eigenvalue weighted by atomic mass is 10.1. The molecule has 0 radical (unpaired) electrons. The molecule has 15 heavy (non-hydrogen) atoms. The quantitative estimate of drug-likeness (QED) is 0.720. The van der Waals surface area contributed by atoms with Crippen molar-refractivity contribution in [2.45, 2.75) is 30.3 Å². The number of carbonyl (C=O) groups excluding carboxylic acids is 1. The van der Waals surface area contributed by atoms with Gasteiger partial charge in [0.25, 0.3) is 0 Å². The number of carbonyl (C=O) groups is 1. The van der Waals surface area contributed by atoms with Gasteiger partial charge in [0, 0.05) is 11.5 Å². The number of ether oxygens (including phenoxy) is 1. The van der Waals surface area contributed by atoms with Crippen LogP contribution in [0.15, 0.2) is 35.2 Å². The van der Waals surface area contributed by atoms with Crippen LogP contribution < -0.4 is 0 Å². The van der Waals surface area contributed by atoms with E-state index in [0.29, 0.717) is 0 Å². The normalized spacial score (nSPS) is 21.2. The highest BCUT2D eigenvalue weighted by atomic mass is 32.2. The van der Waals surface area contributed by atoms with Gasteiger partial charge in [-0.2, -0.15) is 0 Å². The number of rotatable bonds is 2. The van der Waals surface area contributed by atoms with Crippen LogP contribution in [0.1, 0.15) is 19.3 Å². The van der Waals surface area contributed by atoms with E-state index in [1.807, 2.05) is 30.3 Å². The van der Waals surface area contributed by atoms with Gasteiger partial charge in [0.2, 0.25) is 5.12 Å². The molecular formula is C12H14O2S. The van der Waals surface area contributed by atoms with Gasteiger partial charge in [-0.05, 0) is 43.2 Å². The van der Waals surface area contributed by atoms with Crippen LogP contribution in [0.2, 0.25) is 0 Å². The molecule has 3 heteroatoms. The van der Waals surface area contributed by atoms with E-state index in [4.69, 9.17) is 4.74 Å². The van der Waals surface area contributed by atoms with Gasteiger partial charge in [-0.1, -0.05) is 18.2 Å². The Morgan fingerprint density at radius 3 is 2.73 bits per heavy atom. The largest absolute Gasteiger partial charge is 0.369 e. The second-order valence-corrected chi connectivity index (χ2v) is 4.67. The average Bonchev–Trinajstić information content (AvgIpc) is 2.31. The maximum atomic E-state index is 11.8. The molecule has 0 saturated carbocycles. The molecule has 1 saturated heterocycles. The summed E-state index contributed by atoms with van der Waals surface area (Å²) in [5.74, 6) is 0. The second kappa shape index (κ2) is 5.33. The van der Waals surface area contributed by atoms with Gasteiger partial charge < -0.3 is 4.74 Å². The summed E-state index contributed by atoms with van der Waals surface area (Å²) in [5, 5.41) is 0.140. The fraction of sp³-hybridized carbons (Fsp3) is 0.417. The highest BCUT2D eigenvalue weighted by Gasteiger charge is 2.22. The smallest absolute Gasteiger partial charge is 0.222 e. The van der Waals surface area contributed by atoms with Crippen LogP contribution in [0, 0.1) is 0 Å². The molecule has 1 atom stereocenters. The summed E-state index contributed by atoms with van der Waals surface area (Å²) >= 11 is 1.29. The van der Waals surface area contributed by atoms with Crippen molar-refractivity contribution in [3.63, 3.8) is 0 Å². The highest BCUT2D eigenvalue weighted by molar-refractivity contribution is 8.13. The summed E-state index contributed by atoms with van der Waals surface area (Å²) in [4.78, 5) is 12.8. The van der Waals surface area contributed by atoms with Crippen LogP contribution in [0.5, 0.6) is 0 Å². The van der Waals surface area contributed by atoms with Gasteiger partial charge in [0.05, 0.1) is 0 Å². The first kappa shape index (κ1) is 10.7. The number of hydrogen-bond donors (Lipinski definition) is 0. The fourth-order valence-corrected chi connectivity index (χ4v) is 2.44. The van der Waals surface area contributed by atoms with Crippen LogP contribution >= 0.6 is 11.8 Å². The third-order valence-corrected chi connectivity index (χ3v) is 3.38. The molecule has 1 unspecified atom stereocenters. The fourth-order valence-electron chi connectivity index (χ4n) is 1.60. The van der Waals surface area contributed by atoms with Gasteiger partial charge in [-0.15, -0.1) is 0 Å². The van der Waals surface area contributed by atoms with Crippen LogP contribution in [0.25, 0.3) is 0 Å². The van der Waals surface area contributed by atoms with E-state index in [1.165, 1.54) is 11.8 Å². The molecule has 1 fully saturated rings. The third kappa shape index (κ3) is 3.08. The summed E-state index contributed by atoms with van der Waals surface area (Å²) in [6, 6.07) is 9.73. The molecule has 1 aromatic carbocycles. The van der Waals surface area contributed by atoms with Gasteiger partial charge in [0.15, 0.2) is 0 Å². The summed E-state index contributed by atoms with van der Waals surface area (Å²) in [6.07, 6.45) is 2.87. The van der Waals surface area contributed by atoms with Gasteiger partial charge in [-0.3, -0.25) is 4.79 Å². The van der Waals surface area contributed by atoms with Gasteiger partial charge in [0.1, 0.15) is 6.10 Å². The van der Waals surface area contributed by atoms with E-state index in [1.54, 1.807) is 0 Å². The minimum atomic E-state index is -0.191. The zero-order valence-electron chi connectivity index (χ0n) is 8.52. The highest BCUT2D eigenvalue weighted by Crippen LogP contribution is 2.24. The lowest BCUT2D eigenvalue weighted by Gasteiger charge is -2.20. The molecule has 1 heterocycles. The molecule has 0 aliphatic carbocycles. The predicted molar refractivity (Wildman–Crippen MR) is 60.9 cm³/mol. The number of hydrogen-bond acceptors (Lipinski definition) is 3. The van der Waals surface area contributed by atoms with Crippen molar-refractivity contribution in [1.29, 1.82) is 0 Å². The molecule has 0 bridgehead atoms. The van der Waals surface area contributed by atoms with Crippen molar-refractivity contribution >= 4 is 16.9 Å². The van der Waals surface area contributed by atoms with Crippen molar-refractivity contribution in [2.75, 3.05) is 6.61 Å². The molecule has 80 valence electrons. The number of benzene rings is 1. The Labute approximate surface area is 94.0 Å². The summed E-state index contributed by atoms with van der Waals surface area (Å²) in [5.41, 5.74) is 0. The molecule has 0 spiro atoms. The molecule has 0 amide bonds. The Morgan fingerprint density at radius 1 is 1.27 bits per heavy atom. The molecule has 2 rings (SSSR count). The zero-order chi connectivity index (χ0) is 10.5. The lowest BCUT2D eigenvalue weighted by molar-refractivity contribution is -0.124. The molecule has 1 aliphatic rings. The predicted octanol–water partition coefficient (Wildman–Crippen LogP) is 2.87. The van der Waals surface area contributed by atoms with Crippen molar-refractivity contribution in [3.8, 4) is 0 Å². The zero-order valence-corrected chi connectivity index (χ0v) is 9.33. The third-order valence-electron chi connectivity index (χ3n) is 2.40. The molecular weight excluding hydrogens is 208 g/mol. The van der Waals surface area contributed by atoms with Crippen LogP contribution in [0.4, 0.5) is 0 Å². The minimum absolute atomic E-state index is 0.140. The standard InChI is InChI=1S/C12H14O2S/c13-12(11-8-4-5-9-14-11)15-10-6-2-1-3-7-10/h1-3,6-7,11H,4-5,8-9H2. The van der Waals surface area contributed by atoms with Crippen molar-refractivity contribution in [3.05, 3.63) is 30.3 Å². The lowest BCUT2D eigenvalue weighted by Crippen LogP contribution is -2.25. The second-order valence-electron chi connectivity index (χ2n) is 3.59. The Balaban J connectivity index is 1.91. The Morgan fingerprint density at radius 2 is 2.07 bits per heavy atom. The van der Waals surface area contributed by atoms with Crippen molar-refractivity contribution in [2.24, 2.45) is 0 Å². The van der Waals surface area contributed by atoms with Gasteiger partial charge >= 0.3 is 0 Å². The maximum absolute atomic E-state index is 11.8. The van der Waals surface area contributed by atoms with E-state index < -0.39 is 0 Å². The van der Waals surface area contributed by atoms with E-state index >= 15 is 0 Å². The van der Waals surface area contributed by atoms with E-state index in [9.17, 15) is 4.79 Å². The van der Waals surface area contributed by atoms with E-state index in [0.717, 1.165) is 30.8 Å². The molecule has 0 N–H and O–H groups in total. The minimum Gasteiger partial charge on any atom is -0.369 e. The summed E-state index contributed by atoms with van der Waals surface area (Å²) in [6.45, 7) is 0.728. The summed E-state index contributed by atoms with van der Waals surface area (Å²) in [7, 11) is 0. The summed E-state index contributed by atoms with van der Waals surface area (Å²) < 4.78 is 5.44. The van der Waals surface area contributed by atoms with Crippen molar-refractivity contribution < 1.29 is 9.53 Å². The molecule has 1 aliphatic heterocycles. The Hall–Kier alpha value is -0.800. The SMILES string of the molecule is O=C(Sc1ccccc1)C1CCCCO1. The topological polar surface area (TPSA) is 26.3 Å². The van der Waals surface area contributed by atoms with Crippen molar-refractivity contribution in [1.82, 2.24) is 0 Å². The monoisotopic (exact) mass is 222 g/mol. The Bertz CT molecular complexity index is 318. The van der Waals surface area contributed by atoms with Crippen LogP contribution in [-0.4, -0.2) is 17.8 Å². The maximum Gasteiger partial charge on any atom is 0.222 e. The molecule has 1 aromatic rings. The molecule has 0 aromatic heterocycles. The Kier molecular flexibility index (Phi) is 3.80. The van der Waals surface area contributed by atoms with Crippen LogP contribution in [-0.2, 0) is 9.53 Å². The average molecular weight is 222 g/mol. The van der Waals surface area contributed by atoms with Gasteiger partial charge in [-0.25, -0.2) is 0 Å². The first-order valence-corrected chi connectivity index (χ1v) is 6.06. The first-order chi connectivity index (χ1) is 7.36. The molecule has 2 nitrogen and oxygen atoms in total. The number of thioether (sulfide) groups is 1. The van der Waals surface area contributed by atoms with E-state index in [2.05, 4.69) is 0 Å².